The van der Waals surface area contributed by atoms with Crippen molar-refractivity contribution in [1.29, 1.82) is 0 Å². The summed E-state index contributed by atoms with van der Waals surface area (Å²) in [5.41, 5.74) is 1.21. The molecule has 0 spiro atoms. The topological polar surface area (TPSA) is 96.4 Å². The molecule has 1 aliphatic heterocycles. The summed E-state index contributed by atoms with van der Waals surface area (Å²) < 4.78 is 50.6. The van der Waals surface area contributed by atoms with E-state index in [0.717, 1.165) is 5.56 Å². The van der Waals surface area contributed by atoms with Crippen LogP contribution in [0.1, 0.15) is 12.0 Å². The fourth-order valence-corrected chi connectivity index (χ4v) is 5.84. The van der Waals surface area contributed by atoms with Gasteiger partial charge in [0.25, 0.3) is 10.0 Å². The van der Waals surface area contributed by atoms with Gasteiger partial charge < -0.3 is 4.90 Å². The van der Waals surface area contributed by atoms with Crippen LogP contribution >= 0.6 is 0 Å². The van der Waals surface area contributed by atoms with Gasteiger partial charge in [-0.1, -0.05) is 12.1 Å². The van der Waals surface area contributed by atoms with Gasteiger partial charge in [0.05, 0.1) is 28.3 Å². The zero-order valence-corrected chi connectivity index (χ0v) is 16.2. The maximum Gasteiger partial charge on any atom is 0.261 e. The Bertz CT molecular complexity index is 1000. The number of nitrogens with one attached hydrogen (secondary N) is 1. The highest BCUT2D eigenvalue weighted by Crippen LogP contribution is 2.23. The number of sulfone groups is 1. The van der Waals surface area contributed by atoms with Crippen molar-refractivity contribution < 1.29 is 16.8 Å². The maximum atomic E-state index is 12.4. The third-order valence-electron chi connectivity index (χ3n) is 4.42. The number of nitrogens with zero attached hydrogens (tertiary/aromatic N) is 2. The van der Waals surface area contributed by atoms with E-state index in [-0.39, 0.29) is 22.4 Å². The summed E-state index contributed by atoms with van der Waals surface area (Å²) in [6.45, 7) is 1.83. The molecule has 2 aromatic rings. The average molecular weight is 396 g/mol. The lowest BCUT2D eigenvalue weighted by molar-refractivity contribution is 0.599. The zero-order valence-electron chi connectivity index (χ0n) is 14.6. The molecule has 2 heterocycles. The minimum Gasteiger partial charge on any atom is -0.356 e. The molecule has 1 unspecified atom stereocenters. The SMILES string of the molecule is Cc1cccc(S(=O)(=O)Nc2ccc(N(C)C3CCS(=O)(=O)C3)nc2)c1. The quantitative estimate of drug-likeness (QED) is 0.829. The number of rotatable bonds is 5. The largest absolute Gasteiger partial charge is 0.356 e. The molecule has 140 valence electrons. The van der Waals surface area contributed by atoms with Gasteiger partial charge in [0.1, 0.15) is 5.82 Å². The number of anilines is 2. The molecular formula is C17H21N3O4S2. The van der Waals surface area contributed by atoms with E-state index in [4.69, 9.17) is 0 Å². The van der Waals surface area contributed by atoms with E-state index in [1.54, 1.807) is 31.3 Å². The van der Waals surface area contributed by atoms with E-state index in [2.05, 4.69) is 9.71 Å². The maximum absolute atomic E-state index is 12.4. The van der Waals surface area contributed by atoms with Crippen molar-refractivity contribution in [1.82, 2.24) is 4.98 Å². The van der Waals surface area contributed by atoms with E-state index >= 15 is 0 Å². The van der Waals surface area contributed by atoms with Gasteiger partial charge >= 0.3 is 0 Å². The second-order valence-electron chi connectivity index (χ2n) is 6.49. The Morgan fingerprint density at radius 2 is 2.00 bits per heavy atom. The second kappa shape index (κ2) is 6.88. The van der Waals surface area contributed by atoms with Gasteiger partial charge in [-0.25, -0.2) is 21.8 Å². The van der Waals surface area contributed by atoms with Gasteiger partial charge in [0, 0.05) is 13.1 Å². The molecule has 3 rings (SSSR count). The highest BCUT2D eigenvalue weighted by Gasteiger charge is 2.31. The summed E-state index contributed by atoms with van der Waals surface area (Å²) in [5, 5.41) is 0. The third kappa shape index (κ3) is 4.16. The number of aromatic nitrogens is 1. The Hall–Kier alpha value is -2.13. The van der Waals surface area contributed by atoms with Crippen LogP contribution in [0.5, 0.6) is 0 Å². The number of pyridine rings is 1. The lowest BCUT2D eigenvalue weighted by Crippen LogP contribution is -2.33. The van der Waals surface area contributed by atoms with Crippen LogP contribution in [-0.4, -0.2) is 46.4 Å². The average Bonchev–Trinajstić information content (AvgIpc) is 2.94. The van der Waals surface area contributed by atoms with E-state index in [1.807, 2.05) is 17.9 Å². The van der Waals surface area contributed by atoms with Crippen molar-refractivity contribution in [2.45, 2.75) is 24.3 Å². The summed E-state index contributed by atoms with van der Waals surface area (Å²) in [6.07, 6.45) is 2.00. The molecule has 7 nitrogen and oxygen atoms in total. The third-order valence-corrected chi connectivity index (χ3v) is 7.55. The molecule has 26 heavy (non-hydrogen) atoms. The van der Waals surface area contributed by atoms with Crippen LogP contribution in [0.4, 0.5) is 11.5 Å². The van der Waals surface area contributed by atoms with E-state index < -0.39 is 19.9 Å². The molecule has 1 N–H and O–H groups in total. The standard InChI is InChI=1S/C17H21N3O4S2/c1-13-4-3-5-16(10-13)26(23,24)19-14-6-7-17(18-11-14)20(2)15-8-9-25(21,22)12-15/h3-7,10-11,15,19H,8-9,12H2,1-2H3. The molecular weight excluding hydrogens is 374 g/mol. The molecule has 9 heteroatoms. The Labute approximate surface area is 154 Å². The minimum absolute atomic E-state index is 0.109. The summed E-state index contributed by atoms with van der Waals surface area (Å²) in [7, 11) is -4.86. The molecule has 1 aromatic heterocycles. The first-order valence-corrected chi connectivity index (χ1v) is 11.5. The predicted octanol–water partition coefficient (Wildman–Crippen LogP) is 1.81. The first-order chi connectivity index (χ1) is 12.2. The fourth-order valence-electron chi connectivity index (χ4n) is 2.92. The van der Waals surface area contributed by atoms with Gasteiger partial charge in [-0.05, 0) is 43.2 Å². The Morgan fingerprint density at radius 1 is 1.23 bits per heavy atom. The molecule has 0 saturated carbocycles. The van der Waals surface area contributed by atoms with Crippen molar-refractivity contribution >= 4 is 31.4 Å². The van der Waals surface area contributed by atoms with Crippen LogP contribution in [0.25, 0.3) is 0 Å². The molecule has 1 aliphatic rings. The molecule has 1 saturated heterocycles. The van der Waals surface area contributed by atoms with Crippen molar-refractivity contribution in [3.05, 3.63) is 48.2 Å². The minimum atomic E-state index is -3.68. The zero-order chi connectivity index (χ0) is 18.9. The summed E-state index contributed by atoms with van der Waals surface area (Å²) in [6, 6.07) is 9.84. The van der Waals surface area contributed by atoms with Crippen LogP contribution in [0, 0.1) is 6.92 Å². The Morgan fingerprint density at radius 3 is 2.58 bits per heavy atom. The number of hydrogen-bond acceptors (Lipinski definition) is 6. The first-order valence-electron chi connectivity index (χ1n) is 8.15. The number of benzene rings is 1. The van der Waals surface area contributed by atoms with Gasteiger partial charge in [-0.2, -0.15) is 0 Å². The number of sulfonamides is 1. The number of hydrogen-bond donors (Lipinski definition) is 1. The summed E-state index contributed by atoms with van der Waals surface area (Å²) in [5.74, 6) is 0.911. The molecule has 1 atom stereocenters. The number of aryl methyl sites for hydroxylation is 1. The molecule has 0 bridgehead atoms. The van der Waals surface area contributed by atoms with Crippen molar-refractivity contribution in [2.24, 2.45) is 0 Å². The molecule has 0 aliphatic carbocycles. The van der Waals surface area contributed by atoms with Crippen LogP contribution < -0.4 is 9.62 Å². The first kappa shape index (κ1) is 18.7. The lowest BCUT2D eigenvalue weighted by atomic mass is 10.2. The van der Waals surface area contributed by atoms with Gasteiger partial charge in [0.2, 0.25) is 0 Å². The molecule has 0 radical (unpaired) electrons. The van der Waals surface area contributed by atoms with Gasteiger partial charge in [0.15, 0.2) is 9.84 Å². The summed E-state index contributed by atoms with van der Waals surface area (Å²) in [4.78, 5) is 6.28. The Balaban J connectivity index is 1.74. The smallest absolute Gasteiger partial charge is 0.261 e. The molecule has 0 amide bonds. The van der Waals surface area contributed by atoms with Crippen LogP contribution in [0.2, 0.25) is 0 Å². The fraction of sp³-hybridized carbons (Fsp3) is 0.353. The predicted molar refractivity (Wildman–Crippen MR) is 102 cm³/mol. The van der Waals surface area contributed by atoms with E-state index in [9.17, 15) is 16.8 Å². The van der Waals surface area contributed by atoms with Crippen LogP contribution in [0.15, 0.2) is 47.5 Å². The van der Waals surface area contributed by atoms with E-state index in [1.165, 1.54) is 12.3 Å². The highest BCUT2D eigenvalue weighted by molar-refractivity contribution is 7.92. The summed E-state index contributed by atoms with van der Waals surface area (Å²) >= 11 is 0. The normalized spacial score (nSPS) is 19.2. The van der Waals surface area contributed by atoms with Crippen molar-refractivity contribution in [3.63, 3.8) is 0 Å². The van der Waals surface area contributed by atoms with Crippen LogP contribution in [0.3, 0.4) is 0 Å². The van der Waals surface area contributed by atoms with Gasteiger partial charge in [-0.3, -0.25) is 4.72 Å². The highest BCUT2D eigenvalue weighted by atomic mass is 32.2. The van der Waals surface area contributed by atoms with Crippen molar-refractivity contribution in [2.75, 3.05) is 28.2 Å². The second-order valence-corrected chi connectivity index (χ2v) is 10.4. The monoisotopic (exact) mass is 395 g/mol. The Kier molecular flexibility index (Phi) is 4.94. The van der Waals surface area contributed by atoms with Crippen molar-refractivity contribution in [3.8, 4) is 0 Å². The molecule has 1 fully saturated rings. The van der Waals surface area contributed by atoms with Gasteiger partial charge in [-0.15, -0.1) is 0 Å². The van der Waals surface area contributed by atoms with E-state index in [0.29, 0.717) is 17.9 Å². The van der Waals surface area contributed by atoms with Crippen LogP contribution in [-0.2, 0) is 19.9 Å². The molecule has 1 aromatic carbocycles. The lowest BCUT2D eigenvalue weighted by Gasteiger charge is -2.24.